The largest absolute Gasteiger partial charge is 0.469 e. The van der Waals surface area contributed by atoms with E-state index in [0.717, 1.165) is 13.1 Å². The maximum atomic E-state index is 12.2. The first kappa shape index (κ1) is 15.0. The van der Waals surface area contributed by atoms with Gasteiger partial charge in [0.15, 0.2) is 0 Å². The van der Waals surface area contributed by atoms with Gasteiger partial charge in [0.25, 0.3) is 0 Å². The minimum Gasteiger partial charge on any atom is -0.469 e. The molecule has 0 spiro atoms. The molecule has 0 aromatic heterocycles. The van der Waals surface area contributed by atoms with Crippen molar-refractivity contribution >= 4 is 11.9 Å². The highest BCUT2D eigenvalue weighted by molar-refractivity contribution is 5.78. The molecule has 1 saturated heterocycles. The summed E-state index contributed by atoms with van der Waals surface area (Å²) in [7, 11) is 1.38. The van der Waals surface area contributed by atoms with E-state index in [1.165, 1.54) is 7.11 Å². The van der Waals surface area contributed by atoms with Crippen molar-refractivity contribution in [2.45, 2.75) is 40.5 Å². The highest BCUT2D eigenvalue weighted by Crippen LogP contribution is 2.29. The fourth-order valence-electron chi connectivity index (χ4n) is 2.38. The van der Waals surface area contributed by atoms with Crippen LogP contribution in [0.3, 0.4) is 0 Å². The van der Waals surface area contributed by atoms with E-state index in [1.54, 1.807) is 0 Å². The minimum atomic E-state index is -0.334. The number of hydrogen-bond acceptors (Lipinski definition) is 3. The van der Waals surface area contributed by atoms with Crippen LogP contribution in [0.2, 0.25) is 0 Å². The van der Waals surface area contributed by atoms with Gasteiger partial charge in [0.05, 0.1) is 13.5 Å². The van der Waals surface area contributed by atoms with Crippen LogP contribution in [0.4, 0.5) is 0 Å². The first-order valence-electron chi connectivity index (χ1n) is 6.60. The Bertz CT molecular complexity index is 315. The molecule has 1 rings (SSSR count). The zero-order chi connectivity index (χ0) is 13.9. The van der Waals surface area contributed by atoms with Crippen molar-refractivity contribution in [1.29, 1.82) is 0 Å². The van der Waals surface area contributed by atoms with Crippen LogP contribution in [0.1, 0.15) is 40.5 Å². The summed E-state index contributed by atoms with van der Waals surface area (Å²) in [5.74, 6) is 1.03. The summed E-state index contributed by atoms with van der Waals surface area (Å²) in [4.78, 5) is 25.4. The van der Waals surface area contributed by atoms with Crippen molar-refractivity contribution in [3.63, 3.8) is 0 Å². The summed E-state index contributed by atoms with van der Waals surface area (Å²) in [5.41, 5.74) is -0.334. The Hall–Kier alpha value is -1.06. The highest BCUT2D eigenvalue weighted by atomic mass is 16.5. The molecule has 1 amide bonds. The minimum absolute atomic E-state index is 0.153. The second-order valence-electron chi connectivity index (χ2n) is 6.35. The Morgan fingerprint density at radius 2 is 1.67 bits per heavy atom. The summed E-state index contributed by atoms with van der Waals surface area (Å²) in [6.45, 7) is 9.91. The summed E-state index contributed by atoms with van der Waals surface area (Å²) in [6, 6.07) is 0. The Kier molecular flexibility index (Phi) is 4.77. The highest BCUT2D eigenvalue weighted by Gasteiger charge is 2.33. The van der Waals surface area contributed by atoms with E-state index in [4.69, 9.17) is 0 Å². The summed E-state index contributed by atoms with van der Waals surface area (Å²) in [5, 5.41) is 0. The van der Waals surface area contributed by atoms with Crippen LogP contribution in [-0.4, -0.2) is 37.0 Å². The molecular weight excluding hydrogens is 230 g/mol. The summed E-state index contributed by atoms with van der Waals surface area (Å²) in [6.07, 6.45) is 0.690. The third-order valence-corrected chi connectivity index (χ3v) is 3.82. The predicted octanol–water partition coefficient (Wildman–Crippen LogP) is 2.08. The molecule has 4 nitrogen and oxygen atoms in total. The molecule has 1 aliphatic heterocycles. The van der Waals surface area contributed by atoms with Crippen molar-refractivity contribution in [2.75, 3.05) is 20.2 Å². The van der Waals surface area contributed by atoms with Gasteiger partial charge in [0.2, 0.25) is 5.91 Å². The number of amides is 1. The van der Waals surface area contributed by atoms with Gasteiger partial charge in [-0.2, -0.15) is 0 Å². The molecule has 0 N–H and O–H groups in total. The molecule has 104 valence electrons. The first-order valence-corrected chi connectivity index (χ1v) is 6.60. The third-order valence-electron chi connectivity index (χ3n) is 3.82. The number of carbonyl (C=O) groups excluding carboxylic acids is 2. The maximum Gasteiger partial charge on any atom is 0.306 e. The van der Waals surface area contributed by atoms with Gasteiger partial charge >= 0.3 is 5.97 Å². The van der Waals surface area contributed by atoms with E-state index in [0.29, 0.717) is 18.3 Å². The normalized spacial score (nSPS) is 24.2. The van der Waals surface area contributed by atoms with E-state index in [2.05, 4.69) is 18.6 Å². The van der Waals surface area contributed by atoms with E-state index in [-0.39, 0.29) is 23.7 Å². The lowest BCUT2D eigenvalue weighted by Crippen LogP contribution is -2.33. The van der Waals surface area contributed by atoms with E-state index in [1.807, 2.05) is 18.7 Å². The molecule has 0 saturated carbocycles. The standard InChI is InChI=1S/C14H25NO3/c1-10-8-15(9-11(10)2)12(16)6-14(3,4)7-13(17)18-5/h10-11H,6-9H2,1-5H3/t10-,11-/m0/s1. The summed E-state index contributed by atoms with van der Waals surface area (Å²) < 4.78 is 4.66. The SMILES string of the molecule is COC(=O)CC(C)(C)CC(=O)N1C[C@H](C)[C@@H](C)C1. The van der Waals surface area contributed by atoms with Gasteiger partial charge in [-0.1, -0.05) is 27.7 Å². The van der Waals surface area contributed by atoms with Crippen LogP contribution in [0.5, 0.6) is 0 Å². The molecular formula is C14H25NO3. The van der Waals surface area contributed by atoms with Crippen molar-refractivity contribution in [2.24, 2.45) is 17.3 Å². The Labute approximate surface area is 110 Å². The van der Waals surface area contributed by atoms with Gasteiger partial charge in [-0.15, -0.1) is 0 Å². The van der Waals surface area contributed by atoms with Crippen molar-refractivity contribution in [1.82, 2.24) is 4.90 Å². The van der Waals surface area contributed by atoms with Gasteiger partial charge in [-0.05, 0) is 17.3 Å². The Morgan fingerprint density at radius 3 is 2.11 bits per heavy atom. The van der Waals surface area contributed by atoms with E-state index >= 15 is 0 Å². The number of likely N-dealkylation sites (tertiary alicyclic amines) is 1. The maximum absolute atomic E-state index is 12.2. The number of ether oxygens (including phenoxy) is 1. The fraction of sp³-hybridized carbons (Fsp3) is 0.857. The van der Waals surface area contributed by atoms with Crippen LogP contribution in [0.25, 0.3) is 0 Å². The topological polar surface area (TPSA) is 46.6 Å². The molecule has 1 aliphatic rings. The molecule has 0 radical (unpaired) electrons. The van der Waals surface area contributed by atoms with Crippen molar-refractivity contribution in [3.8, 4) is 0 Å². The number of rotatable bonds is 4. The smallest absolute Gasteiger partial charge is 0.306 e. The van der Waals surface area contributed by atoms with Gasteiger partial charge in [0, 0.05) is 19.5 Å². The number of nitrogens with zero attached hydrogens (tertiary/aromatic N) is 1. The van der Waals surface area contributed by atoms with E-state index in [9.17, 15) is 9.59 Å². The lowest BCUT2D eigenvalue weighted by Gasteiger charge is -2.26. The quantitative estimate of drug-likeness (QED) is 0.723. The fourth-order valence-corrected chi connectivity index (χ4v) is 2.38. The summed E-state index contributed by atoms with van der Waals surface area (Å²) >= 11 is 0. The molecule has 0 aromatic rings. The zero-order valence-electron chi connectivity index (χ0n) is 12.2. The van der Waals surface area contributed by atoms with E-state index < -0.39 is 0 Å². The molecule has 4 heteroatoms. The van der Waals surface area contributed by atoms with Crippen LogP contribution in [0, 0.1) is 17.3 Å². The van der Waals surface area contributed by atoms with Crippen molar-refractivity contribution in [3.05, 3.63) is 0 Å². The molecule has 0 unspecified atom stereocenters. The Balaban J connectivity index is 2.51. The van der Waals surface area contributed by atoms with Crippen LogP contribution in [0.15, 0.2) is 0 Å². The molecule has 0 aliphatic carbocycles. The molecule has 0 bridgehead atoms. The number of carbonyl (C=O) groups is 2. The molecule has 0 aromatic carbocycles. The number of hydrogen-bond donors (Lipinski definition) is 0. The number of methoxy groups -OCH3 is 1. The third kappa shape index (κ3) is 4.00. The van der Waals surface area contributed by atoms with Gasteiger partial charge in [-0.25, -0.2) is 0 Å². The molecule has 2 atom stereocenters. The second-order valence-corrected chi connectivity index (χ2v) is 6.35. The molecule has 1 heterocycles. The van der Waals surface area contributed by atoms with Gasteiger partial charge < -0.3 is 9.64 Å². The van der Waals surface area contributed by atoms with Gasteiger partial charge in [-0.3, -0.25) is 9.59 Å². The zero-order valence-corrected chi connectivity index (χ0v) is 12.2. The first-order chi connectivity index (χ1) is 8.25. The number of esters is 1. The lowest BCUT2D eigenvalue weighted by molar-refractivity contribution is -0.143. The van der Waals surface area contributed by atoms with Crippen LogP contribution < -0.4 is 0 Å². The molecule has 18 heavy (non-hydrogen) atoms. The van der Waals surface area contributed by atoms with Crippen LogP contribution in [-0.2, 0) is 14.3 Å². The van der Waals surface area contributed by atoms with Crippen molar-refractivity contribution < 1.29 is 14.3 Å². The average molecular weight is 255 g/mol. The monoisotopic (exact) mass is 255 g/mol. The lowest BCUT2D eigenvalue weighted by atomic mass is 9.85. The van der Waals surface area contributed by atoms with Crippen LogP contribution >= 0.6 is 0 Å². The Morgan fingerprint density at radius 1 is 1.17 bits per heavy atom. The van der Waals surface area contributed by atoms with Gasteiger partial charge in [0.1, 0.15) is 0 Å². The second kappa shape index (κ2) is 5.72. The predicted molar refractivity (Wildman–Crippen MR) is 69.9 cm³/mol. The molecule has 1 fully saturated rings. The average Bonchev–Trinajstić information content (AvgIpc) is 2.58.